The second kappa shape index (κ2) is 8.56. The number of benzene rings is 3. The maximum Gasteiger partial charge on any atom is 0.128 e. The molecule has 0 aliphatic carbocycles. The van der Waals surface area contributed by atoms with E-state index in [0.29, 0.717) is 6.61 Å². The minimum atomic E-state index is 0.649. The van der Waals surface area contributed by atoms with Crippen molar-refractivity contribution in [2.75, 3.05) is 13.2 Å². The SMILES string of the molecule is c1ccc(CNCCOc2cccc3c2ccn3Cc2ccccc2)cc1. The lowest BCUT2D eigenvalue weighted by Crippen LogP contribution is -2.20. The molecule has 0 aliphatic heterocycles. The molecule has 1 heterocycles. The normalized spacial score (nSPS) is 11.0. The number of aromatic nitrogens is 1. The van der Waals surface area contributed by atoms with E-state index >= 15 is 0 Å². The Balaban J connectivity index is 1.36. The van der Waals surface area contributed by atoms with Crippen molar-refractivity contribution in [2.45, 2.75) is 13.1 Å². The van der Waals surface area contributed by atoms with Crippen molar-refractivity contribution in [1.29, 1.82) is 0 Å². The van der Waals surface area contributed by atoms with Gasteiger partial charge in [-0.1, -0.05) is 66.7 Å². The number of nitrogens with one attached hydrogen (secondary N) is 1. The molecule has 0 saturated carbocycles. The first-order valence-electron chi connectivity index (χ1n) is 9.39. The van der Waals surface area contributed by atoms with Crippen LogP contribution in [0.3, 0.4) is 0 Å². The van der Waals surface area contributed by atoms with Crippen molar-refractivity contribution in [3.05, 3.63) is 102 Å². The average Bonchev–Trinajstić information content (AvgIpc) is 3.13. The number of fused-ring (bicyclic) bond motifs is 1. The quantitative estimate of drug-likeness (QED) is 0.456. The van der Waals surface area contributed by atoms with Gasteiger partial charge >= 0.3 is 0 Å². The molecule has 3 nitrogen and oxygen atoms in total. The monoisotopic (exact) mass is 356 g/mol. The maximum atomic E-state index is 6.04. The summed E-state index contributed by atoms with van der Waals surface area (Å²) in [6.07, 6.45) is 2.14. The van der Waals surface area contributed by atoms with E-state index < -0.39 is 0 Å². The van der Waals surface area contributed by atoms with Gasteiger partial charge in [0.05, 0.1) is 5.52 Å². The lowest BCUT2D eigenvalue weighted by molar-refractivity contribution is 0.317. The van der Waals surface area contributed by atoms with Gasteiger partial charge in [-0.15, -0.1) is 0 Å². The van der Waals surface area contributed by atoms with Crippen molar-refractivity contribution in [3.8, 4) is 5.75 Å². The van der Waals surface area contributed by atoms with Crippen LogP contribution in [0.15, 0.2) is 91.1 Å². The van der Waals surface area contributed by atoms with Crippen molar-refractivity contribution < 1.29 is 4.74 Å². The molecule has 27 heavy (non-hydrogen) atoms. The van der Waals surface area contributed by atoms with Gasteiger partial charge in [-0.2, -0.15) is 0 Å². The van der Waals surface area contributed by atoms with E-state index in [0.717, 1.165) is 30.8 Å². The van der Waals surface area contributed by atoms with Crippen molar-refractivity contribution in [1.82, 2.24) is 9.88 Å². The Hall–Kier alpha value is -3.04. The van der Waals surface area contributed by atoms with Crippen LogP contribution in [0.1, 0.15) is 11.1 Å². The van der Waals surface area contributed by atoms with Gasteiger partial charge in [0.2, 0.25) is 0 Å². The summed E-state index contributed by atoms with van der Waals surface area (Å²) in [6.45, 7) is 3.19. The number of nitrogens with zero attached hydrogens (tertiary/aromatic N) is 1. The standard InChI is InChI=1S/C24H24N2O/c1-3-8-20(9-4-1)18-25-15-17-27-24-13-7-12-23-22(24)14-16-26(23)19-21-10-5-2-6-11-21/h1-14,16,25H,15,17-19H2. The summed E-state index contributed by atoms with van der Waals surface area (Å²) in [5.41, 5.74) is 3.79. The number of hydrogen-bond donors (Lipinski definition) is 1. The van der Waals surface area contributed by atoms with Crippen LogP contribution in [0.25, 0.3) is 10.9 Å². The summed E-state index contributed by atoms with van der Waals surface area (Å²) >= 11 is 0. The van der Waals surface area contributed by atoms with Crippen molar-refractivity contribution in [3.63, 3.8) is 0 Å². The van der Waals surface area contributed by atoms with Gasteiger partial charge < -0.3 is 14.6 Å². The molecule has 1 N–H and O–H groups in total. The first-order valence-corrected chi connectivity index (χ1v) is 9.39. The van der Waals surface area contributed by atoms with Crippen LogP contribution in [-0.4, -0.2) is 17.7 Å². The molecule has 3 aromatic carbocycles. The van der Waals surface area contributed by atoms with Crippen molar-refractivity contribution >= 4 is 10.9 Å². The first kappa shape index (κ1) is 17.4. The van der Waals surface area contributed by atoms with E-state index in [9.17, 15) is 0 Å². The Kier molecular flexibility index (Phi) is 5.51. The molecule has 0 fully saturated rings. The Bertz CT molecular complexity index is 977. The summed E-state index contributed by atoms with van der Waals surface area (Å²) in [7, 11) is 0. The van der Waals surface area contributed by atoms with Crippen molar-refractivity contribution in [2.24, 2.45) is 0 Å². The van der Waals surface area contributed by atoms with Crippen LogP contribution >= 0.6 is 0 Å². The third-order valence-corrected chi connectivity index (χ3v) is 4.68. The second-order valence-electron chi connectivity index (χ2n) is 6.63. The second-order valence-corrected chi connectivity index (χ2v) is 6.63. The highest BCUT2D eigenvalue weighted by atomic mass is 16.5. The summed E-state index contributed by atoms with van der Waals surface area (Å²) in [5.74, 6) is 0.945. The maximum absolute atomic E-state index is 6.04. The van der Waals surface area contributed by atoms with Gasteiger partial charge in [-0.05, 0) is 29.3 Å². The summed E-state index contributed by atoms with van der Waals surface area (Å²) in [4.78, 5) is 0. The minimum absolute atomic E-state index is 0.649. The number of ether oxygens (including phenoxy) is 1. The highest BCUT2D eigenvalue weighted by molar-refractivity contribution is 5.86. The zero-order valence-electron chi connectivity index (χ0n) is 15.3. The predicted octanol–water partition coefficient (Wildman–Crippen LogP) is 4.86. The summed E-state index contributed by atoms with van der Waals surface area (Å²) in [5, 5.41) is 4.59. The molecule has 0 atom stereocenters. The molecule has 0 bridgehead atoms. The fourth-order valence-electron chi connectivity index (χ4n) is 3.30. The largest absolute Gasteiger partial charge is 0.492 e. The number of hydrogen-bond acceptors (Lipinski definition) is 2. The van der Waals surface area contributed by atoms with Crippen LogP contribution in [0.2, 0.25) is 0 Å². The van der Waals surface area contributed by atoms with Gasteiger partial charge in [0.1, 0.15) is 12.4 Å². The van der Waals surface area contributed by atoms with Crippen LogP contribution in [0, 0.1) is 0 Å². The first-order chi connectivity index (χ1) is 13.4. The highest BCUT2D eigenvalue weighted by Gasteiger charge is 2.07. The van der Waals surface area contributed by atoms with E-state index in [1.165, 1.54) is 16.6 Å². The molecule has 0 spiro atoms. The molecule has 136 valence electrons. The van der Waals surface area contributed by atoms with E-state index in [1.807, 2.05) is 12.1 Å². The van der Waals surface area contributed by atoms with Gasteiger partial charge in [0.15, 0.2) is 0 Å². The molecule has 0 amide bonds. The minimum Gasteiger partial charge on any atom is -0.492 e. The van der Waals surface area contributed by atoms with E-state index in [4.69, 9.17) is 4.74 Å². The van der Waals surface area contributed by atoms with Crippen LogP contribution in [0.5, 0.6) is 5.75 Å². The Morgan fingerprint density at radius 2 is 1.48 bits per heavy atom. The molecular weight excluding hydrogens is 332 g/mol. The summed E-state index contributed by atoms with van der Waals surface area (Å²) < 4.78 is 8.31. The fourth-order valence-corrected chi connectivity index (χ4v) is 3.30. The molecule has 0 aliphatic rings. The van der Waals surface area contributed by atoms with Crippen LogP contribution < -0.4 is 10.1 Å². The molecule has 4 aromatic rings. The number of rotatable bonds is 8. The molecule has 0 saturated heterocycles. The van der Waals surface area contributed by atoms with Gasteiger partial charge in [-0.3, -0.25) is 0 Å². The zero-order chi connectivity index (χ0) is 18.3. The smallest absolute Gasteiger partial charge is 0.128 e. The Morgan fingerprint density at radius 1 is 0.741 bits per heavy atom. The third kappa shape index (κ3) is 4.39. The van der Waals surface area contributed by atoms with E-state index in [1.54, 1.807) is 0 Å². The van der Waals surface area contributed by atoms with Gasteiger partial charge in [0.25, 0.3) is 0 Å². The van der Waals surface area contributed by atoms with Crippen LogP contribution in [-0.2, 0) is 13.1 Å². The van der Waals surface area contributed by atoms with Crippen LogP contribution in [0.4, 0.5) is 0 Å². The van der Waals surface area contributed by atoms with Gasteiger partial charge in [-0.25, -0.2) is 0 Å². The highest BCUT2D eigenvalue weighted by Crippen LogP contribution is 2.27. The lowest BCUT2D eigenvalue weighted by Gasteiger charge is -2.10. The van der Waals surface area contributed by atoms with Gasteiger partial charge in [0, 0.05) is 31.2 Å². The summed E-state index contributed by atoms with van der Waals surface area (Å²) in [6, 6.07) is 29.4. The zero-order valence-corrected chi connectivity index (χ0v) is 15.3. The van der Waals surface area contributed by atoms with E-state index in [-0.39, 0.29) is 0 Å². The Labute approximate surface area is 160 Å². The predicted molar refractivity (Wildman–Crippen MR) is 111 cm³/mol. The molecule has 4 rings (SSSR count). The fraction of sp³-hybridized carbons (Fsp3) is 0.167. The van der Waals surface area contributed by atoms with E-state index in [2.05, 4.69) is 88.9 Å². The topological polar surface area (TPSA) is 26.2 Å². The molecule has 0 unspecified atom stereocenters. The molecular formula is C24H24N2O. The molecule has 0 radical (unpaired) electrons. The third-order valence-electron chi connectivity index (χ3n) is 4.68. The lowest BCUT2D eigenvalue weighted by atomic mass is 10.2. The molecule has 1 aromatic heterocycles. The average molecular weight is 356 g/mol. The Morgan fingerprint density at radius 3 is 2.26 bits per heavy atom. The molecule has 3 heteroatoms.